The van der Waals surface area contributed by atoms with Crippen LogP contribution in [0.3, 0.4) is 0 Å². The molecule has 0 saturated carbocycles. The van der Waals surface area contributed by atoms with Gasteiger partial charge in [-0.2, -0.15) is 0 Å². The molecule has 5 nitrogen and oxygen atoms in total. The number of benzene rings is 1. The van der Waals surface area contributed by atoms with Gasteiger partial charge in [0.25, 0.3) is 5.91 Å². The zero-order valence-corrected chi connectivity index (χ0v) is 17.6. The number of fused-ring (bicyclic) bond motifs is 1. The predicted molar refractivity (Wildman–Crippen MR) is 111 cm³/mol. The SMILES string of the molecule is COC(=O)c1c(NC(=O)c2ccc(SC)cc2)sc2c1CCN(C(C)C)C2. The minimum Gasteiger partial charge on any atom is -0.465 e. The molecule has 0 aliphatic carbocycles. The number of hydrogen-bond donors (Lipinski definition) is 1. The van der Waals surface area contributed by atoms with E-state index in [0.29, 0.717) is 22.2 Å². The lowest BCUT2D eigenvalue weighted by atomic mass is 10.0. The Bertz CT molecular complexity index is 844. The average Bonchev–Trinajstić information content (AvgIpc) is 3.04. The van der Waals surface area contributed by atoms with E-state index in [1.807, 2.05) is 18.4 Å². The maximum atomic E-state index is 12.7. The second-order valence-electron chi connectivity index (χ2n) is 6.70. The Kier molecular flexibility index (Phi) is 6.24. The molecule has 0 unspecified atom stereocenters. The van der Waals surface area contributed by atoms with Gasteiger partial charge in [-0.05, 0) is 56.4 Å². The summed E-state index contributed by atoms with van der Waals surface area (Å²) in [5, 5.41) is 3.51. The van der Waals surface area contributed by atoms with Crippen LogP contribution in [0.15, 0.2) is 29.2 Å². The highest BCUT2D eigenvalue weighted by atomic mass is 32.2. The Hall–Kier alpha value is -1.83. The summed E-state index contributed by atoms with van der Waals surface area (Å²) in [6.07, 6.45) is 2.78. The van der Waals surface area contributed by atoms with Crippen molar-refractivity contribution in [2.75, 3.05) is 25.2 Å². The van der Waals surface area contributed by atoms with Crippen molar-refractivity contribution in [2.45, 2.75) is 37.8 Å². The summed E-state index contributed by atoms with van der Waals surface area (Å²) in [5.41, 5.74) is 2.09. The van der Waals surface area contributed by atoms with Crippen LogP contribution in [-0.2, 0) is 17.7 Å². The molecule has 2 heterocycles. The highest BCUT2D eigenvalue weighted by molar-refractivity contribution is 7.98. The molecule has 0 fully saturated rings. The fourth-order valence-electron chi connectivity index (χ4n) is 3.19. The van der Waals surface area contributed by atoms with Gasteiger partial charge in [0, 0.05) is 34.5 Å². The second kappa shape index (κ2) is 8.46. The van der Waals surface area contributed by atoms with Gasteiger partial charge in [-0.25, -0.2) is 4.79 Å². The first-order valence-corrected chi connectivity index (χ1v) is 10.9. The summed E-state index contributed by atoms with van der Waals surface area (Å²) >= 11 is 3.11. The molecule has 3 rings (SSSR count). The van der Waals surface area contributed by atoms with Crippen molar-refractivity contribution in [3.05, 3.63) is 45.8 Å². The standard InChI is InChI=1S/C20H24N2O3S2/c1-12(2)22-10-9-15-16(11-22)27-19(17(15)20(24)25-3)21-18(23)13-5-7-14(26-4)8-6-13/h5-8,12H,9-11H2,1-4H3,(H,21,23). The first-order valence-electron chi connectivity index (χ1n) is 8.87. The van der Waals surface area contributed by atoms with Gasteiger partial charge < -0.3 is 10.1 Å². The quantitative estimate of drug-likeness (QED) is 0.596. The van der Waals surface area contributed by atoms with E-state index in [0.717, 1.165) is 34.8 Å². The molecule has 2 aromatic rings. The van der Waals surface area contributed by atoms with E-state index in [1.165, 1.54) is 18.4 Å². The predicted octanol–water partition coefficient (Wildman–Crippen LogP) is 4.28. The van der Waals surface area contributed by atoms with Crippen molar-refractivity contribution in [2.24, 2.45) is 0 Å². The van der Waals surface area contributed by atoms with Crippen molar-refractivity contribution in [1.29, 1.82) is 0 Å². The van der Waals surface area contributed by atoms with Gasteiger partial charge in [-0.15, -0.1) is 23.1 Å². The lowest BCUT2D eigenvalue weighted by molar-refractivity contribution is 0.0600. The molecule has 27 heavy (non-hydrogen) atoms. The lowest BCUT2D eigenvalue weighted by Crippen LogP contribution is -2.35. The third kappa shape index (κ3) is 4.20. The molecule has 0 saturated heterocycles. The number of thiophene rings is 1. The van der Waals surface area contributed by atoms with Gasteiger partial charge in [0.05, 0.1) is 12.7 Å². The Labute approximate surface area is 168 Å². The van der Waals surface area contributed by atoms with E-state index in [-0.39, 0.29) is 5.91 Å². The molecule has 144 valence electrons. The van der Waals surface area contributed by atoms with Gasteiger partial charge in [-0.1, -0.05) is 0 Å². The molecule has 7 heteroatoms. The summed E-state index contributed by atoms with van der Waals surface area (Å²) < 4.78 is 4.99. The molecule has 1 N–H and O–H groups in total. The summed E-state index contributed by atoms with van der Waals surface area (Å²) in [6.45, 7) is 6.02. The number of rotatable bonds is 5. The number of anilines is 1. The molecule has 1 aromatic heterocycles. The summed E-state index contributed by atoms with van der Waals surface area (Å²) in [5.74, 6) is -0.606. The smallest absolute Gasteiger partial charge is 0.341 e. The van der Waals surface area contributed by atoms with E-state index in [2.05, 4.69) is 24.1 Å². The van der Waals surface area contributed by atoms with Crippen LogP contribution in [0, 0.1) is 0 Å². The van der Waals surface area contributed by atoms with Crippen LogP contribution < -0.4 is 5.32 Å². The molecule has 1 aromatic carbocycles. The number of nitrogens with one attached hydrogen (secondary N) is 1. The second-order valence-corrected chi connectivity index (χ2v) is 8.68. The van der Waals surface area contributed by atoms with Gasteiger partial charge in [0.15, 0.2) is 0 Å². The van der Waals surface area contributed by atoms with Crippen molar-refractivity contribution < 1.29 is 14.3 Å². The number of thioether (sulfide) groups is 1. The number of nitrogens with zero attached hydrogens (tertiary/aromatic N) is 1. The Morgan fingerprint density at radius 2 is 1.96 bits per heavy atom. The average molecular weight is 405 g/mol. The third-order valence-electron chi connectivity index (χ3n) is 4.79. The number of ether oxygens (including phenoxy) is 1. The fraction of sp³-hybridized carbons (Fsp3) is 0.400. The Balaban J connectivity index is 1.90. The van der Waals surface area contributed by atoms with E-state index in [1.54, 1.807) is 23.9 Å². The van der Waals surface area contributed by atoms with Gasteiger partial charge in [0.2, 0.25) is 0 Å². The van der Waals surface area contributed by atoms with E-state index in [4.69, 9.17) is 4.74 Å². The Morgan fingerprint density at radius 3 is 2.56 bits per heavy atom. The molecular formula is C20H24N2O3S2. The Morgan fingerprint density at radius 1 is 1.26 bits per heavy atom. The lowest BCUT2D eigenvalue weighted by Gasteiger charge is -2.30. The number of amides is 1. The third-order valence-corrected chi connectivity index (χ3v) is 6.66. The molecule has 1 aliphatic heterocycles. The van der Waals surface area contributed by atoms with Gasteiger partial charge >= 0.3 is 5.97 Å². The maximum Gasteiger partial charge on any atom is 0.341 e. The topological polar surface area (TPSA) is 58.6 Å². The first-order chi connectivity index (χ1) is 12.9. The fourth-order valence-corrected chi connectivity index (χ4v) is 4.85. The zero-order chi connectivity index (χ0) is 19.6. The molecule has 0 radical (unpaired) electrons. The summed E-state index contributed by atoms with van der Waals surface area (Å²) in [7, 11) is 1.38. The van der Waals surface area contributed by atoms with Crippen LogP contribution in [0.4, 0.5) is 5.00 Å². The number of carbonyl (C=O) groups excluding carboxylic acids is 2. The van der Waals surface area contributed by atoms with Gasteiger partial charge in [0.1, 0.15) is 5.00 Å². The van der Waals surface area contributed by atoms with E-state index < -0.39 is 5.97 Å². The van der Waals surface area contributed by atoms with Crippen molar-refractivity contribution in [3.8, 4) is 0 Å². The molecule has 0 atom stereocenters. The summed E-state index contributed by atoms with van der Waals surface area (Å²) in [6, 6.07) is 7.87. The largest absolute Gasteiger partial charge is 0.465 e. The molecule has 0 spiro atoms. The summed E-state index contributed by atoms with van der Waals surface area (Å²) in [4.78, 5) is 29.7. The van der Waals surface area contributed by atoms with Crippen molar-refractivity contribution in [1.82, 2.24) is 4.90 Å². The minimum atomic E-state index is -0.390. The van der Waals surface area contributed by atoms with Crippen LogP contribution in [-0.4, -0.2) is 42.7 Å². The number of methoxy groups -OCH3 is 1. The van der Waals surface area contributed by atoms with Crippen molar-refractivity contribution in [3.63, 3.8) is 0 Å². The first kappa shape index (κ1) is 19.9. The number of esters is 1. The molecule has 0 bridgehead atoms. The zero-order valence-electron chi connectivity index (χ0n) is 16.0. The van der Waals surface area contributed by atoms with Crippen molar-refractivity contribution >= 4 is 40.0 Å². The van der Waals surface area contributed by atoms with Crippen LogP contribution in [0.5, 0.6) is 0 Å². The molecule has 1 aliphatic rings. The normalized spacial score (nSPS) is 14.1. The van der Waals surface area contributed by atoms with Gasteiger partial charge in [-0.3, -0.25) is 9.69 Å². The van der Waals surface area contributed by atoms with Crippen LogP contribution in [0.2, 0.25) is 0 Å². The highest BCUT2D eigenvalue weighted by Gasteiger charge is 2.30. The highest BCUT2D eigenvalue weighted by Crippen LogP contribution is 2.38. The molecule has 1 amide bonds. The van der Waals surface area contributed by atoms with Crippen LogP contribution in [0.25, 0.3) is 0 Å². The van der Waals surface area contributed by atoms with Crippen LogP contribution >= 0.6 is 23.1 Å². The maximum absolute atomic E-state index is 12.7. The number of carbonyl (C=O) groups is 2. The molecular weight excluding hydrogens is 380 g/mol. The minimum absolute atomic E-state index is 0.216. The van der Waals surface area contributed by atoms with Crippen LogP contribution in [0.1, 0.15) is 45.0 Å². The number of hydrogen-bond acceptors (Lipinski definition) is 6. The van der Waals surface area contributed by atoms with E-state index in [9.17, 15) is 9.59 Å². The van der Waals surface area contributed by atoms with E-state index >= 15 is 0 Å². The monoisotopic (exact) mass is 404 g/mol.